The van der Waals surface area contributed by atoms with Crippen molar-refractivity contribution in [3.05, 3.63) is 34.2 Å². The van der Waals surface area contributed by atoms with Crippen LogP contribution in [0.1, 0.15) is 27.7 Å². The molecule has 0 heterocycles. The van der Waals surface area contributed by atoms with E-state index in [1.54, 1.807) is 0 Å². The maximum absolute atomic E-state index is 8.82. The molecule has 0 amide bonds. The Morgan fingerprint density at radius 1 is 1.44 bits per heavy atom. The second-order valence-corrected chi connectivity index (χ2v) is 5.31. The SMILES string of the molecule is [C-]#[N+]CC(C#N)NN[C](=[W])C(C)=C(C)C(C)=CC. The second kappa shape index (κ2) is 8.95. The molecule has 0 aliphatic carbocycles. The number of allylic oxidation sites excluding steroid dienone is 3. The van der Waals surface area contributed by atoms with Gasteiger partial charge in [-0.3, -0.25) is 0 Å². The van der Waals surface area contributed by atoms with Gasteiger partial charge in [0, 0.05) is 0 Å². The van der Waals surface area contributed by atoms with Crippen LogP contribution < -0.4 is 10.9 Å². The molecule has 0 saturated heterocycles. The van der Waals surface area contributed by atoms with Crippen LogP contribution in [0, 0.1) is 17.9 Å². The maximum atomic E-state index is 8.82. The minimum atomic E-state index is -0.479. The van der Waals surface area contributed by atoms with Crippen molar-refractivity contribution in [1.82, 2.24) is 10.9 Å². The van der Waals surface area contributed by atoms with Crippen LogP contribution in [-0.4, -0.2) is 16.6 Å². The van der Waals surface area contributed by atoms with Crippen molar-refractivity contribution >= 4 is 4.02 Å². The van der Waals surface area contributed by atoms with Gasteiger partial charge in [-0.15, -0.1) is 0 Å². The Balaban J connectivity index is 4.62. The van der Waals surface area contributed by atoms with Gasteiger partial charge in [0.2, 0.25) is 0 Å². The molecule has 0 rings (SSSR count). The number of nitrogens with one attached hydrogen (secondary N) is 2. The summed E-state index contributed by atoms with van der Waals surface area (Å²) in [4.78, 5) is 3.21. The Kier molecular flexibility index (Phi) is 8.42. The predicted octanol–water partition coefficient (Wildman–Crippen LogP) is 1.87. The molecule has 0 aromatic rings. The summed E-state index contributed by atoms with van der Waals surface area (Å²) in [5.74, 6) is 0. The van der Waals surface area contributed by atoms with E-state index in [1.807, 2.05) is 13.0 Å². The third kappa shape index (κ3) is 5.52. The van der Waals surface area contributed by atoms with E-state index in [0.29, 0.717) is 0 Å². The van der Waals surface area contributed by atoms with Gasteiger partial charge in [0.25, 0.3) is 0 Å². The second-order valence-electron chi connectivity index (χ2n) is 3.84. The molecular formula is C13H18N4W. The third-order valence-corrected chi connectivity index (χ3v) is 4.18. The fourth-order valence-corrected chi connectivity index (χ4v) is 1.90. The van der Waals surface area contributed by atoms with Crippen LogP contribution in [0.2, 0.25) is 0 Å². The van der Waals surface area contributed by atoms with Gasteiger partial charge in [-0.05, 0) is 0 Å². The van der Waals surface area contributed by atoms with Gasteiger partial charge < -0.3 is 0 Å². The topological polar surface area (TPSA) is 52.2 Å². The fourth-order valence-electron chi connectivity index (χ4n) is 1.14. The van der Waals surface area contributed by atoms with Gasteiger partial charge >= 0.3 is 120 Å². The summed E-state index contributed by atoms with van der Waals surface area (Å²) in [6, 6.07) is 1.56. The number of hydrogen-bond acceptors (Lipinski definition) is 3. The van der Waals surface area contributed by atoms with Gasteiger partial charge in [-0.1, -0.05) is 0 Å². The molecule has 2 N–H and O–H groups in total. The first-order valence-electron chi connectivity index (χ1n) is 5.57. The predicted molar refractivity (Wildman–Crippen MR) is 70.0 cm³/mol. The molecule has 0 aliphatic rings. The monoisotopic (exact) mass is 414 g/mol. The third-order valence-electron chi connectivity index (χ3n) is 2.72. The normalized spacial score (nSPS) is 14.2. The standard InChI is InChI=1S/C13H18N4.W/c1-6-10(2)12(4)11(3)8-16-17-13(7-14)9-15-5;/h6,13,16-17H,9H2,1-4H3;. The van der Waals surface area contributed by atoms with E-state index in [2.05, 4.69) is 42.5 Å². The number of nitrogens with zero attached hydrogens (tertiary/aromatic N) is 2. The summed E-state index contributed by atoms with van der Waals surface area (Å²) < 4.78 is 1.04. The molecule has 0 saturated carbocycles. The number of hydrazine groups is 1. The molecule has 1 unspecified atom stereocenters. The van der Waals surface area contributed by atoms with E-state index in [9.17, 15) is 0 Å². The van der Waals surface area contributed by atoms with Crippen LogP contribution in [0.5, 0.6) is 0 Å². The first-order chi connectivity index (χ1) is 8.47. The van der Waals surface area contributed by atoms with Crippen molar-refractivity contribution < 1.29 is 19.4 Å². The Bertz CT molecular complexity index is 449. The Morgan fingerprint density at radius 3 is 2.50 bits per heavy atom. The summed E-state index contributed by atoms with van der Waals surface area (Å²) in [7, 11) is 0. The molecular weight excluding hydrogens is 396 g/mol. The molecule has 0 aliphatic heterocycles. The van der Waals surface area contributed by atoms with Crippen LogP contribution >= 0.6 is 0 Å². The molecule has 0 spiro atoms. The molecule has 0 bridgehead atoms. The molecule has 18 heavy (non-hydrogen) atoms. The average Bonchev–Trinajstić information content (AvgIpc) is 2.40. The Hall–Kier alpha value is -1.06. The molecule has 4 nitrogen and oxygen atoms in total. The van der Waals surface area contributed by atoms with E-state index in [-0.39, 0.29) is 6.54 Å². The zero-order chi connectivity index (χ0) is 14.1. The Labute approximate surface area is 120 Å². The van der Waals surface area contributed by atoms with Crippen LogP contribution in [0.3, 0.4) is 0 Å². The molecule has 0 aromatic heterocycles. The molecule has 0 radical (unpaired) electrons. The van der Waals surface area contributed by atoms with Gasteiger partial charge in [0.15, 0.2) is 0 Å². The molecule has 96 valence electrons. The number of nitriles is 1. The average molecular weight is 414 g/mol. The summed E-state index contributed by atoms with van der Waals surface area (Å²) >= 11 is 1.29. The summed E-state index contributed by atoms with van der Waals surface area (Å²) in [6.45, 7) is 15.1. The minimum absolute atomic E-state index is 0.155. The van der Waals surface area contributed by atoms with E-state index < -0.39 is 6.04 Å². The van der Waals surface area contributed by atoms with Crippen LogP contribution in [-0.2, 0) is 19.4 Å². The van der Waals surface area contributed by atoms with E-state index in [1.165, 1.54) is 36.1 Å². The molecule has 5 heteroatoms. The van der Waals surface area contributed by atoms with Gasteiger partial charge in [-0.25, -0.2) is 0 Å². The molecule has 0 aromatic carbocycles. The van der Waals surface area contributed by atoms with Crippen molar-refractivity contribution in [2.45, 2.75) is 33.7 Å². The van der Waals surface area contributed by atoms with Crippen molar-refractivity contribution in [3.8, 4) is 6.07 Å². The quantitative estimate of drug-likeness (QED) is 0.397. The van der Waals surface area contributed by atoms with Crippen molar-refractivity contribution in [2.75, 3.05) is 6.54 Å². The van der Waals surface area contributed by atoms with E-state index in [4.69, 9.17) is 11.8 Å². The van der Waals surface area contributed by atoms with Crippen LogP contribution in [0.25, 0.3) is 4.85 Å². The number of hydrogen-bond donors (Lipinski definition) is 2. The summed E-state index contributed by atoms with van der Waals surface area (Å²) in [5.41, 5.74) is 9.55. The zero-order valence-electron chi connectivity index (χ0n) is 11.2. The fraction of sp³-hybridized carbons (Fsp3) is 0.462. The summed E-state index contributed by atoms with van der Waals surface area (Å²) in [6.07, 6.45) is 2.08. The van der Waals surface area contributed by atoms with E-state index >= 15 is 0 Å². The zero-order valence-corrected chi connectivity index (χ0v) is 14.1. The molecule has 1 atom stereocenters. The number of rotatable bonds is 6. The van der Waals surface area contributed by atoms with Crippen molar-refractivity contribution in [3.63, 3.8) is 0 Å². The van der Waals surface area contributed by atoms with Crippen molar-refractivity contribution in [1.29, 1.82) is 5.26 Å². The summed E-state index contributed by atoms with van der Waals surface area (Å²) in [5, 5.41) is 8.82. The van der Waals surface area contributed by atoms with Crippen LogP contribution in [0.15, 0.2) is 22.8 Å². The van der Waals surface area contributed by atoms with Crippen molar-refractivity contribution in [2.24, 2.45) is 0 Å². The van der Waals surface area contributed by atoms with Gasteiger partial charge in [0.1, 0.15) is 0 Å². The van der Waals surface area contributed by atoms with Gasteiger partial charge in [-0.2, -0.15) is 0 Å². The van der Waals surface area contributed by atoms with E-state index in [0.717, 1.165) is 4.02 Å². The first-order valence-corrected chi connectivity index (χ1v) is 7.04. The molecule has 0 fully saturated rings. The Morgan fingerprint density at radius 2 is 2.06 bits per heavy atom. The van der Waals surface area contributed by atoms with Gasteiger partial charge in [0.05, 0.1) is 0 Å². The van der Waals surface area contributed by atoms with Crippen LogP contribution in [0.4, 0.5) is 0 Å². The first kappa shape index (κ1) is 16.9.